The van der Waals surface area contributed by atoms with E-state index in [0.29, 0.717) is 37.2 Å². The lowest BCUT2D eigenvalue weighted by atomic mass is 9.93. The molecule has 6 nitrogen and oxygen atoms in total. The Hall–Kier alpha value is -1.66. The number of nitrogens with zero attached hydrogens (tertiary/aromatic N) is 1. The van der Waals surface area contributed by atoms with Crippen LogP contribution in [-0.4, -0.2) is 46.8 Å². The molecule has 0 bridgehead atoms. The topological polar surface area (TPSA) is 88.4 Å². The third-order valence-corrected chi connectivity index (χ3v) is 5.17. The van der Waals surface area contributed by atoms with Crippen molar-refractivity contribution in [3.63, 3.8) is 0 Å². The molecule has 0 aromatic carbocycles. The highest BCUT2D eigenvalue weighted by molar-refractivity contribution is 5.95. The summed E-state index contributed by atoms with van der Waals surface area (Å²) in [6, 6.07) is 0. The van der Waals surface area contributed by atoms with Gasteiger partial charge in [0.1, 0.15) is 12.7 Å². The maximum absolute atomic E-state index is 12.6. The molecule has 0 aliphatic carbocycles. The Labute approximate surface area is 169 Å². The molecule has 0 aromatic heterocycles. The zero-order valence-electron chi connectivity index (χ0n) is 18.1. The quantitative estimate of drug-likeness (QED) is 0.327. The maximum Gasteiger partial charge on any atom is 0.311 e. The molecule has 28 heavy (non-hydrogen) atoms. The number of hydrogen-bond donors (Lipinski definition) is 2. The summed E-state index contributed by atoms with van der Waals surface area (Å²) in [5.41, 5.74) is 2.10. The SMILES string of the molecule is CCCO/N=C1\C=C(/C)C(O)[C@@H](C)C(=O)O[C@@H](CC)C(C)/C=C(\C)C(O)CC1. The van der Waals surface area contributed by atoms with Gasteiger partial charge in [-0.2, -0.15) is 0 Å². The van der Waals surface area contributed by atoms with Crippen molar-refractivity contribution in [2.75, 3.05) is 6.61 Å². The number of carbonyl (C=O) groups excluding carboxylic acids is 1. The number of hydrogen-bond acceptors (Lipinski definition) is 6. The van der Waals surface area contributed by atoms with Crippen LogP contribution >= 0.6 is 0 Å². The Bertz CT molecular complexity index is 596. The zero-order valence-corrected chi connectivity index (χ0v) is 18.1. The van der Waals surface area contributed by atoms with Crippen molar-refractivity contribution in [2.45, 2.75) is 85.5 Å². The molecule has 1 aliphatic heterocycles. The van der Waals surface area contributed by atoms with Crippen LogP contribution in [0.5, 0.6) is 0 Å². The lowest BCUT2D eigenvalue weighted by Gasteiger charge is -2.26. The van der Waals surface area contributed by atoms with Crippen molar-refractivity contribution in [3.05, 3.63) is 23.3 Å². The van der Waals surface area contributed by atoms with Crippen LogP contribution < -0.4 is 0 Å². The summed E-state index contributed by atoms with van der Waals surface area (Å²) >= 11 is 0. The largest absolute Gasteiger partial charge is 0.461 e. The first kappa shape index (κ1) is 24.4. The fourth-order valence-electron chi connectivity index (χ4n) is 3.20. The van der Waals surface area contributed by atoms with Crippen LogP contribution in [0.25, 0.3) is 0 Å². The number of allylic oxidation sites excluding steroid dienone is 1. The Morgan fingerprint density at radius 2 is 1.89 bits per heavy atom. The Morgan fingerprint density at radius 1 is 1.21 bits per heavy atom. The number of cyclic esters (lactones) is 1. The van der Waals surface area contributed by atoms with Crippen molar-refractivity contribution in [1.29, 1.82) is 0 Å². The predicted octanol–water partition coefficient (Wildman–Crippen LogP) is 3.77. The molecule has 0 amide bonds. The minimum absolute atomic E-state index is 0.0338. The van der Waals surface area contributed by atoms with E-state index in [1.165, 1.54) is 0 Å². The summed E-state index contributed by atoms with van der Waals surface area (Å²) in [7, 11) is 0. The lowest BCUT2D eigenvalue weighted by molar-refractivity contribution is -0.158. The summed E-state index contributed by atoms with van der Waals surface area (Å²) in [6.07, 6.45) is 4.32. The van der Waals surface area contributed by atoms with E-state index in [9.17, 15) is 15.0 Å². The Balaban J connectivity index is 3.22. The number of esters is 1. The Morgan fingerprint density at radius 3 is 2.50 bits per heavy atom. The first-order valence-corrected chi connectivity index (χ1v) is 10.3. The van der Waals surface area contributed by atoms with E-state index in [1.807, 2.05) is 33.8 Å². The van der Waals surface area contributed by atoms with E-state index >= 15 is 0 Å². The van der Waals surface area contributed by atoms with Crippen molar-refractivity contribution in [2.24, 2.45) is 17.0 Å². The second-order valence-corrected chi connectivity index (χ2v) is 7.75. The van der Waals surface area contributed by atoms with Gasteiger partial charge < -0.3 is 19.8 Å². The fraction of sp³-hybridized carbons (Fsp3) is 0.727. The maximum atomic E-state index is 12.6. The van der Waals surface area contributed by atoms with Gasteiger partial charge in [0, 0.05) is 5.92 Å². The molecule has 1 rings (SSSR count). The van der Waals surface area contributed by atoms with Crippen LogP contribution in [0.1, 0.15) is 67.2 Å². The third kappa shape index (κ3) is 7.40. The Kier molecular flexibility index (Phi) is 10.5. The molecular formula is C22H37NO5. The highest BCUT2D eigenvalue weighted by Crippen LogP contribution is 2.22. The molecule has 0 fully saturated rings. The van der Waals surface area contributed by atoms with Crippen LogP contribution in [0.2, 0.25) is 0 Å². The van der Waals surface area contributed by atoms with Gasteiger partial charge in [-0.25, -0.2) is 0 Å². The first-order valence-electron chi connectivity index (χ1n) is 10.3. The smallest absolute Gasteiger partial charge is 0.311 e. The van der Waals surface area contributed by atoms with Gasteiger partial charge in [0.05, 0.1) is 23.8 Å². The summed E-state index contributed by atoms with van der Waals surface area (Å²) in [6.45, 7) is 11.7. The average molecular weight is 396 g/mol. The van der Waals surface area contributed by atoms with Gasteiger partial charge >= 0.3 is 5.97 Å². The number of carbonyl (C=O) groups is 1. The second kappa shape index (κ2) is 12.0. The number of aliphatic hydroxyl groups excluding tert-OH is 2. The summed E-state index contributed by atoms with van der Waals surface area (Å²) in [5.74, 6) is -1.15. The van der Waals surface area contributed by atoms with Gasteiger partial charge in [-0.3, -0.25) is 4.79 Å². The molecule has 0 saturated carbocycles. The summed E-state index contributed by atoms with van der Waals surface area (Å²) in [5, 5.41) is 25.3. The van der Waals surface area contributed by atoms with Crippen LogP contribution in [-0.2, 0) is 14.4 Å². The van der Waals surface area contributed by atoms with E-state index in [2.05, 4.69) is 5.16 Å². The van der Waals surface area contributed by atoms with Crippen LogP contribution in [0.3, 0.4) is 0 Å². The van der Waals surface area contributed by atoms with Crippen molar-refractivity contribution >= 4 is 11.7 Å². The van der Waals surface area contributed by atoms with Gasteiger partial charge in [0.15, 0.2) is 0 Å². The number of rotatable bonds is 4. The number of oxime groups is 1. The van der Waals surface area contributed by atoms with E-state index in [0.717, 1.165) is 12.0 Å². The molecule has 0 aromatic rings. The van der Waals surface area contributed by atoms with Gasteiger partial charge in [-0.15, -0.1) is 0 Å². The van der Waals surface area contributed by atoms with Gasteiger partial charge in [0.2, 0.25) is 0 Å². The van der Waals surface area contributed by atoms with Crippen LogP contribution in [0.4, 0.5) is 0 Å². The summed E-state index contributed by atoms with van der Waals surface area (Å²) in [4.78, 5) is 17.9. The van der Waals surface area contributed by atoms with Crippen LogP contribution in [0, 0.1) is 11.8 Å². The van der Waals surface area contributed by atoms with E-state index in [4.69, 9.17) is 9.57 Å². The molecule has 1 heterocycles. The van der Waals surface area contributed by atoms with Gasteiger partial charge in [0.25, 0.3) is 0 Å². The molecule has 0 radical (unpaired) electrons. The molecular weight excluding hydrogens is 358 g/mol. The zero-order chi connectivity index (χ0) is 21.3. The van der Waals surface area contributed by atoms with E-state index in [-0.39, 0.29) is 12.0 Å². The molecule has 0 spiro atoms. The van der Waals surface area contributed by atoms with Gasteiger partial charge in [-0.05, 0) is 63.7 Å². The number of ether oxygens (including phenoxy) is 1. The highest BCUT2D eigenvalue weighted by atomic mass is 16.6. The predicted molar refractivity (Wildman–Crippen MR) is 111 cm³/mol. The standard InChI is InChI=1S/C22H37NO5/c1-7-11-27-23-18-9-10-19(24)14(3)12-15(4)20(8-2)28-22(26)17(6)21(25)16(5)13-18/h12-13,15,17,19-21,24-25H,7-11H2,1-6H3/b14-12+,16-13+,23-18-/t15?,17-,19?,20+,21?/m1/s1. The molecule has 2 N–H and O–H groups in total. The molecule has 3 unspecified atom stereocenters. The third-order valence-electron chi connectivity index (χ3n) is 5.17. The van der Waals surface area contributed by atoms with Crippen molar-refractivity contribution in [3.8, 4) is 0 Å². The minimum Gasteiger partial charge on any atom is -0.461 e. The second-order valence-electron chi connectivity index (χ2n) is 7.75. The normalized spacial score (nSPS) is 35.9. The molecule has 0 saturated heterocycles. The van der Waals surface area contributed by atoms with E-state index < -0.39 is 24.1 Å². The molecule has 1 aliphatic rings. The summed E-state index contributed by atoms with van der Waals surface area (Å²) < 4.78 is 5.67. The van der Waals surface area contributed by atoms with Crippen molar-refractivity contribution in [1.82, 2.24) is 0 Å². The highest BCUT2D eigenvalue weighted by Gasteiger charge is 2.29. The average Bonchev–Trinajstić information content (AvgIpc) is 2.67. The number of aliphatic hydroxyl groups is 2. The molecule has 6 heteroatoms. The van der Waals surface area contributed by atoms with E-state index in [1.54, 1.807) is 19.9 Å². The van der Waals surface area contributed by atoms with Crippen LogP contribution in [0.15, 0.2) is 28.5 Å². The lowest BCUT2D eigenvalue weighted by Crippen LogP contribution is -2.33. The minimum atomic E-state index is -0.971. The van der Waals surface area contributed by atoms with Gasteiger partial charge in [-0.1, -0.05) is 32.0 Å². The fourth-order valence-corrected chi connectivity index (χ4v) is 3.20. The monoisotopic (exact) mass is 395 g/mol. The first-order chi connectivity index (χ1) is 13.2. The molecule has 160 valence electrons. The van der Waals surface area contributed by atoms with Crippen molar-refractivity contribution < 1.29 is 24.6 Å². The molecule has 5 atom stereocenters.